The molecule has 3 heteroatoms. The second kappa shape index (κ2) is 2.71. The van der Waals surface area contributed by atoms with Gasteiger partial charge in [-0.05, 0) is 12.2 Å². The van der Waals surface area contributed by atoms with E-state index in [-0.39, 0.29) is 0 Å². The second-order valence-corrected chi connectivity index (χ2v) is 3.62. The van der Waals surface area contributed by atoms with Crippen molar-refractivity contribution >= 4 is 11.8 Å². The van der Waals surface area contributed by atoms with Gasteiger partial charge in [0.15, 0.2) is 0 Å². The van der Waals surface area contributed by atoms with Crippen LogP contribution in [0.1, 0.15) is 13.3 Å². The molecule has 1 fully saturated rings. The average molecular weight is 132 g/mol. The summed E-state index contributed by atoms with van der Waals surface area (Å²) >= 11 is 1.99. The van der Waals surface area contributed by atoms with Crippen molar-refractivity contribution in [3.63, 3.8) is 0 Å². The van der Waals surface area contributed by atoms with Gasteiger partial charge in [0.25, 0.3) is 0 Å². The standard InChI is InChI=1S/C5H12N2S/c1-4-5(7-6)2-3-8-4/h4-5,7H,2-3,6H2,1H3/t4-,5+/m1/s1. The van der Waals surface area contributed by atoms with Crippen LogP contribution in [-0.4, -0.2) is 17.0 Å². The van der Waals surface area contributed by atoms with Crippen molar-refractivity contribution < 1.29 is 0 Å². The van der Waals surface area contributed by atoms with Crippen molar-refractivity contribution in [1.82, 2.24) is 5.43 Å². The van der Waals surface area contributed by atoms with E-state index >= 15 is 0 Å². The Morgan fingerprint density at radius 3 is 2.75 bits per heavy atom. The smallest absolute Gasteiger partial charge is 0.0334 e. The maximum Gasteiger partial charge on any atom is 0.0334 e. The van der Waals surface area contributed by atoms with Crippen molar-refractivity contribution in [3.8, 4) is 0 Å². The van der Waals surface area contributed by atoms with Gasteiger partial charge in [0.1, 0.15) is 0 Å². The Bertz CT molecular complexity index is 76.8. The molecule has 0 aromatic rings. The molecule has 1 rings (SSSR count). The molecule has 0 radical (unpaired) electrons. The van der Waals surface area contributed by atoms with Gasteiger partial charge in [-0.1, -0.05) is 6.92 Å². The van der Waals surface area contributed by atoms with Crippen LogP contribution in [0.5, 0.6) is 0 Å². The van der Waals surface area contributed by atoms with Crippen molar-refractivity contribution in [2.24, 2.45) is 5.84 Å². The first-order chi connectivity index (χ1) is 3.84. The molecule has 2 atom stereocenters. The fourth-order valence-corrected chi connectivity index (χ4v) is 2.16. The van der Waals surface area contributed by atoms with E-state index in [4.69, 9.17) is 5.84 Å². The van der Waals surface area contributed by atoms with E-state index in [9.17, 15) is 0 Å². The summed E-state index contributed by atoms with van der Waals surface area (Å²) in [5.41, 5.74) is 2.79. The van der Waals surface area contributed by atoms with E-state index in [1.807, 2.05) is 11.8 Å². The fourth-order valence-electron chi connectivity index (χ4n) is 0.951. The molecule has 0 unspecified atom stereocenters. The Labute approximate surface area is 54.2 Å². The first-order valence-electron chi connectivity index (χ1n) is 2.92. The zero-order valence-electron chi connectivity index (χ0n) is 5.05. The minimum atomic E-state index is 0.556. The summed E-state index contributed by atoms with van der Waals surface area (Å²) in [6, 6.07) is 0.556. The molecule has 48 valence electrons. The summed E-state index contributed by atoms with van der Waals surface area (Å²) in [6.45, 7) is 2.21. The van der Waals surface area contributed by atoms with Gasteiger partial charge in [0.2, 0.25) is 0 Å². The molecule has 2 nitrogen and oxygen atoms in total. The highest BCUT2D eigenvalue weighted by molar-refractivity contribution is 8.00. The molecule has 0 amide bonds. The second-order valence-electron chi connectivity index (χ2n) is 2.14. The van der Waals surface area contributed by atoms with E-state index in [1.165, 1.54) is 12.2 Å². The van der Waals surface area contributed by atoms with Gasteiger partial charge in [0.05, 0.1) is 0 Å². The largest absolute Gasteiger partial charge is 0.271 e. The quantitative estimate of drug-likeness (QED) is 0.399. The van der Waals surface area contributed by atoms with Crippen LogP contribution in [0.25, 0.3) is 0 Å². The van der Waals surface area contributed by atoms with E-state index in [2.05, 4.69) is 12.3 Å². The predicted molar refractivity (Wildman–Crippen MR) is 37.6 cm³/mol. The molecule has 0 aromatic heterocycles. The summed E-state index contributed by atoms with van der Waals surface area (Å²) in [5.74, 6) is 6.52. The van der Waals surface area contributed by atoms with Crippen LogP contribution in [0, 0.1) is 0 Å². The summed E-state index contributed by atoms with van der Waals surface area (Å²) in [5, 5.41) is 0.708. The highest BCUT2D eigenvalue weighted by atomic mass is 32.2. The SMILES string of the molecule is C[C@H]1SCC[C@@H]1NN. The van der Waals surface area contributed by atoms with E-state index < -0.39 is 0 Å². The van der Waals surface area contributed by atoms with Crippen molar-refractivity contribution in [1.29, 1.82) is 0 Å². The lowest BCUT2D eigenvalue weighted by molar-refractivity contribution is 0.531. The van der Waals surface area contributed by atoms with E-state index in [1.54, 1.807) is 0 Å². The highest BCUT2D eigenvalue weighted by Crippen LogP contribution is 2.25. The number of thioether (sulfide) groups is 1. The van der Waals surface area contributed by atoms with E-state index in [0.29, 0.717) is 11.3 Å². The molecular formula is C5H12N2S. The lowest BCUT2D eigenvalue weighted by atomic mass is 10.2. The van der Waals surface area contributed by atoms with E-state index in [0.717, 1.165) is 0 Å². The van der Waals surface area contributed by atoms with Gasteiger partial charge in [-0.15, -0.1) is 0 Å². The third-order valence-corrected chi connectivity index (χ3v) is 2.92. The number of hydrogen-bond acceptors (Lipinski definition) is 3. The Morgan fingerprint density at radius 2 is 2.50 bits per heavy atom. The lowest BCUT2D eigenvalue weighted by Crippen LogP contribution is -2.38. The number of hydrogen-bond donors (Lipinski definition) is 2. The molecule has 1 saturated heterocycles. The fraction of sp³-hybridized carbons (Fsp3) is 1.00. The number of nitrogens with one attached hydrogen (secondary N) is 1. The lowest BCUT2D eigenvalue weighted by Gasteiger charge is -2.10. The van der Waals surface area contributed by atoms with Crippen molar-refractivity contribution in [3.05, 3.63) is 0 Å². The molecular weight excluding hydrogens is 120 g/mol. The minimum absolute atomic E-state index is 0.556. The number of hydrazine groups is 1. The minimum Gasteiger partial charge on any atom is -0.271 e. The molecule has 0 aliphatic carbocycles. The summed E-state index contributed by atoms with van der Waals surface area (Å²) < 4.78 is 0. The topological polar surface area (TPSA) is 38.0 Å². The summed E-state index contributed by atoms with van der Waals surface area (Å²) in [4.78, 5) is 0. The van der Waals surface area contributed by atoms with Crippen LogP contribution >= 0.6 is 11.8 Å². The van der Waals surface area contributed by atoms with Gasteiger partial charge >= 0.3 is 0 Å². The Balaban J connectivity index is 2.30. The highest BCUT2D eigenvalue weighted by Gasteiger charge is 2.21. The average Bonchev–Trinajstić information content (AvgIpc) is 2.14. The molecule has 8 heavy (non-hydrogen) atoms. The monoisotopic (exact) mass is 132 g/mol. The zero-order valence-corrected chi connectivity index (χ0v) is 5.87. The third-order valence-electron chi connectivity index (χ3n) is 1.59. The van der Waals surface area contributed by atoms with Crippen LogP contribution in [-0.2, 0) is 0 Å². The molecule has 1 aliphatic heterocycles. The molecule has 0 bridgehead atoms. The first kappa shape index (κ1) is 6.39. The van der Waals surface area contributed by atoms with Gasteiger partial charge in [-0.3, -0.25) is 11.3 Å². The molecule has 0 spiro atoms. The predicted octanol–water partition coefficient (Wildman–Crippen LogP) is 0.344. The molecule has 1 aliphatic rings. The van der Waals surface area contributed by atoms with Crippen LogP contribution in [0.3, 0.4) is 0 Å². The molecule has 0 saturated carbocycles. The Morgan fingerprint density at radius 1 is 1.75 bits per heavy atom. The maximum absolute atomic E-state index is 5.26. The maximum atomic E-state index is 5.26. The van der Waals surface area contributed by atoms with Crippen LogP contribution in [0.2, 0.25) is 0 Å². The number of rotatable bonds is 1. The van der Waals surface area contributed by atoms with Crippen LogP contribution in [0.4, 0.5) is 0 Å². The molecule has 1 heterocycles. The normalized spacial score (nSPS) is 38.2. The van der Waals surface area contributed by atoms with Crippen LogP contribution in [0.15, 0.2) is 0 Å². The van der Waals surface area contributed by atoms with Crippen molar-refractivity contribution in [2.45, 2.75) is 24.6 Å². The van der Waals surface area contributed by atoms with Gasteiger partial charge in [-0.2, -0.15) is 11.8 Å². The number of nitrogens with two attached hydrogens (primary N) is 1. The van der Waals surface area contributed by atoms with Crippen LogP contribution < -0.4 is 11.3 Å². The first-order valence-corrected chi connectivity index (χ1v) is 3.97. The molecule has 0 aromatic carbocycles. The van der Waals surface area contributed by atoms with Gasteiger partial charge < -0.3 is 0 Å². The van der Waals surface area contributed by atoms with Gasteiger partial charge in [0, 0.05) is 11.3 Å². The summed E-state index contributed by atoms with van der Waals surface area (Å²) in [7, 11) is 0. The van der Waals surface area contributed by atoms with Crippen molar-refractivity contribution in [2.75, 3.05) is 5.75 Å². The Hall–Kier alpha value is 0.270. The zero-order chi connectivity index (χ0) is 5.98. The summed E-state index contributed by atoms with van der Waals surface area (Å²) in [6.07, 6.45) is 1.22. The van der Waals surface area contributed by atoms with Gasteiger partial charge in [-0.25, -0.2) is 0 Å². The Kier molecular flexibility index (Phi) is 2.16. The molecule has 3 N–H and O–H groups in total. The third kappa shape index (κ3) is 1.16.